The Labute approximate surface area is 229 Å². The first-order valence-electron chi connectivity index (χ1n) is 12.1. The highest BCUT2D eigenvalue weighted by Gasteiger charge is 2.21. The van der Waals surface area contributed by atoms with E-state index in [2.05, 4.69) is 20.2 Å². The number of hydrogen-bond donors (Lipinski definition) is 1. The third-order valence-corrected chi connectivity index (χ3v) is 7.04. The zero-order valence-corrected chi connectivity index (χ0v) is 22.6. The molecule has 9 nitrogen and oxygen atoms in total. The molecule has 0 amide bonds. The van der Waals surface area contributed by atoms with Crippen LogP contribution in [0.3, 0.4) is 0 Å². The first-order chi connectivity index (χ1) is 19.1. The number of hydrogen-bond acceptors (Lipinski definition) is 8. The summed E-state index contributed by atoms with van der Waals surface area (Å²) in [6, 6.07) is 21.4. The molecule has 0 radical (unpaired) electrons. The highest BCUT2D eigenvalue weighted by molar-refractivity contribution is 7.99. The van der Waals surface area contributed by atoms with E-state index in [1.165, 1.54) is 11.8 Å². The molecule has 5 rings (SSSR count). The predicted octanol–water partition coefficient (Wildman–Crippen LogP) is 5.22. The molecule has 0 saturated carbocycles. The lowest BCUT2D eigenvalue weighted by molar-refractivity contribution is -0.115. The number of H-pyrrole nitrogens is 1. The van der Waals surface area contributed by atoms with Crippen LogP contribution in [0.4, 0.5) is 0 Å². The summed E-state index contributed by atoms with van der Waals surface area (Å²) in [6.07, 6.45) is 3.62. The number of methoxy groups -OCH3 is 3. The van der Waals surface area contributed by atoms with Gasteiger partial charge in [0.1, 0.15) is 0 Å². The van der Waals surface area contributed by atoms with Crippen LogP contribution >= 0.6 is 11.8 Å². The molecular formula is C29H27N5O4S. The van der Waals surface area contributed by atoms with Gasteiger partial charge < -0.3 is 19.2 Å². The van der Waals surface area contributed by atoms with Gasteiger partial charge in [-0.25, -0.2) is 0 Å². The molecule has 0 unspecified atom stereocenters. The van der Waals surface area contributed by atoms with E-state index in [0.717, 1.165) is 27.7 Å². The highest BCUT2D eigenvalue weighted by Crippen LogP contribution is 2.41. The topological polar surface area (TPSA) is 104 Å². The Morgan fingerprint density at radius 3 is 2.41 bits per heavy atom. The molecule has 5 aromatic rings. The van der Waals surface area contributed by atoms with Gasteiger partial charge in [-0.15, -0.1) is 10.2 Å². The maximum Gasteiger partial charge on any atom is 0.203 e. The zero-order valence-electron chi connectivity index (χ0n) is 21.7. The van der Waals surface area contributed by atoms with Crippen molar-refractivity contribution in [3.63, 3.8) is 0 Å². The van der Waals surface area contributed by atoms with E-state index in [9.17, 15) is 4.79 Å². The molecule has 2 aromatic heterocycles. The van der Waals surface area contributed by atoms with E-state index in [1.54, 1.807) is 27.5 Å². The number of carbonyl (C=O) groups is 1. The van der Waals surface area contributed by atoms with Crippen LogP contribution in [0.25, 0.3) is 28.0 Å². The van der Waals surface area contributed by atoms with E-state index >= 15 is 0 Å². The van der Waals surface area contributed by atoms with Crippen molar-refractivity contribution in [3.8, 4) is 34.3 Å². The number of Topliss-reactive ketones (excluding diaryl/α,β-unsaturated/α-hetero) is 1. The lowest BCUT2D eigenvalue weighted by Crippen LogP contribution is -2.07. The largest absolute Gasteiger partial charge is 0.493 e. The molecule has 0 atom stereocenters. The molecule has 0 aliphatic heterocycles. The number of aromatic nitrogens is 4. The molecule has 198 valence electrons. The van der Waals surface area contributed by atoms with Gasteiger partial charge in [-0.1, -0.05) is 48.2 Å². The molecular weight excluding hydrogens is 514 g/mol. The number of ketones is 1. The summed E-state index contributed by atoms with van der Waals surface area (Å²) >= 11 is 1.32. The number of aliphatic imine (C=N–C) groups is 1. The number of nitrogens with one attached hydrogen (secondary N) is 1. The number of ether oxygens (including phenoxy) is 3. The second kappa shape index (κ2) is 11.9. The number of carbonyl (C=O) groups excluding carboxylic acids is 1. The summed E-state index contributed by atoms with van der Waals surface area (Å²) in [5.41, 5.74) is 3.56. The lowest BCUT2D eigenvalue weighted by Gasteiger charge is -2.15. The Kier molecular flexibility index (Phi) is 7.93. The third-order valence-electron chi connectivity index (χ3n) is 6.05. The molecule has 0 fully saturated rings. The van der Waals surface area contributed by atoms with Gasteiger partial charge in [0.15, 0.2) is 28.3 Å². The van der Waals surface area contributed by atoms with Crippen LogP contribution < -0.4 is 14.2 Å². The highest BCUT2D eigenvalue weighted by atomic mass is 32.2. The van der Waals surface area contributed by atoms with Crippen molar-refractivity contribution in [1.29, 1.82) is 0 Å². The van der Waals surface area contributed by atoms with Crippen LogP contribution in [0.15, 0.2) is 83.1 Å². The molecule has 3 aromatic carbocycles. The molecule has 1 N–H and O–H groups in total. The fraction of sp³-hybridized carbons (Fsp3) is 0.172. The number of nitrogens with zero attached hydrogens (tertiary/aromatic N) is 4. The van der Waals surface area contributed by atoms with Gasteiger partial charge in [-0.05, 0) is 30.3 Å². The van der Waals surface area contributed by atoms with Crippen molar-refractivity contribution in [3.05, 3.63) is 78.5 Å². The minimum absolute atomic E-state index is 0.0203. The Morgan fingerprint density at radius 2 is 1.69 bits per heavy atom. The van der Waals surface area contributed by atoms with Gasteiger partial charge in [-0.2, -0.15) is 0 Å². The summed E-state index contributed by atoms with van der Waals surface area (Å²) in [6.45, 7) is 0.0751. The number of para-hydroxylation sites is 2. The van der Waals surface area contributed by atoms with Crippen LogP contribution in [0.5, 0.6) is 17.2 Å². The van der Waals surface area contributed by atoms with Crippen molar-refractivity contribution in [2.45, 2.75) is 5.16 Å². The maximum atomic E-state index is 12.7. The van der Waals surface area contributed by atoms with Crippen LogP contribution in [-0.4, -0.2) is 65.4 Å². The van der Waals surface area contributed by atoms with Gasteiger partial charge >= 0.3 is 0 Å². The smallest absolute Gasteiger partial charge is 0.203 e. The minimum Gasteiger partial charge on any atom is -0.493 e. The summed E-state index contributed by atoms with van der Waals surface area (Å²) < 4.78 is 18.4. The molecule has 10 heteroatoms. The number of fused-ring (bicyclic) bond motifs is 1. The normalized spacial score (nSPS) is 11.3. The Morgan fingerprint density at radius 1 is 0.974 bits per heavy atom. The van der Waals surface area contributed by atoms with Crippen molar-refractivity contribution < 1.29 is 19.0 Å². The average Bonchev–Trinajstić information content (AvgIpc) is 3.60. The average molecular weight is 542 g/mol. The first-order valence-corrected chi connectivity index (χ1v) is 13.1. The summed E-state index contributed by atoms with van der Waals surface area (Å²) in [4.78, 5) is 20.3. The molecule has 0 aliphatic rings. The SMILES string of the molecule is COc1cc(-c2nnc(SCC(=O)CN=Cc3c[nH]c4ccccc34)n2-c2ccccc2)cc(OC)c1OC. The van der Waals surface area contributed by atoms with E-state index in [-0.39, 0.29) is 18.1 Å². The van der Waals surface area contributed by atoms with Crippen LogP contribution in [0.1, 0.15) is 5.56 Å². The first kappa shape index (κ1) is 26.1. The monoisotopic (exact) mass is 541 g/mol. The quantitative estimate of drug-likeness (QED) is 0.181. The van der Waals surface area contributed by atoms with Crippen LogP contribution in [-0.2, 0) is 4.79 Å². The summed E-state index contributed by atoms with van der Waals surface area (Å²) in [7, 11) is 4.69. The predicted molar refractivity (Wildman–Crippen MR) is 153 cm³/mol. The van der Waals surface area contributed by atoms with E-state index < -0.39 is 0 Å². The van der Waals surface area contributed by atoms with Crippen molar-refractivity contribution in [1.82, 2.24) is 19.7 Å². The van der Waals surface area contributed by atoms with Crippen LogP contribution in [0.2, 0.25) is 0 Å². The number of aromatic amines is 1. The van der Waals surface area contributed by atoms with E-state index in [4.69, 9.17) is 14.2 Å². The molecule has 0 saturated heterocycles. The fourth-order valence-corrected chi connectivity index (χ4v) is 5.01. The van der Waals surface area contributed by atoms with Crippen LogP contribution in [0, 0.1) is 0 Å². The number of rotatable bonds is 11. The fourth-order valence-electron chi connectivity index (χ4n) is 4.21. The van der Waals surface area contributed by atoms with Crippen molar-refractivity contribution >= 4 is 34.7 Å². The van der Waals surface area contributed by atoms with Crippen molar-refractivity contribution in [2.24, 2.45) is 4.99 Å². The zero-order chi connectivity index (χ0) is 27.2. The second-order valence-electron chi connectivity index (χ2n) is 8.48. The van der Waals surface area contributed by atoms with E-state index in [0.29, 0.717) is 28.2 Å². The van der Waals surface area contributed by atoms with E-state index in [1.807, 2.05) is 77.5 Å². The minimum atomic E-state index is -0.0203. The summed E-state index contributed by atoms with van der Waals surface area (Å²) in [5, 5.41) is 10.5. The Hall–Kier alpha value is -4.57. The Bertz CT molecular complexity index is 1600. The van der Waals surface area contributed by atoms with Crippen molar-refractivity contribution in [2.75, 3.05) is 33.6 Å². The Balaban J connectivity index is 1.38. The number of thioether (sulfide) groups is 1. The summed E-state index contributed by atoms with van der Waals surface area (Å²) in [5.74, 6) is 2.26. The van der Waals surface area contributed by atoms with Gasteiger partial charge in [0.25, 0.3) is 0 Å². The second-order valence-corrected chi connectivity index (χ2v) is 9.42. The maximum absolute atomic E-state index is 12.7. The molecule has 0 bridgehead atoms. The standard InChI is InChI=1S/C29H27N5O4S/c1-36-25-13-19(14-26(37-2)27(25)38-3)28-32-33-29(34(28)21-9-5-4-6-10-21)39-18-22(35)17-30-15-20-16-31-24-12-8-7-11-23(20)24/h4-16,31H,17-18H2,1-3H3. The number of benzene rings is 3. The molecule has 39 heavy (non-hydrogen) atoms. The molecule has 0 spiro atoms. The van der Waals surface area contributed by atoms with Gasteiger partial charge in [0.2, 0.25) is 5.75 Å². The van der Waals surface area contributed by atoms with Gasteiger partial charge in [-0.3, -0.25) is 14.4 Å². The third kappa shape index (κ3) is 5.51. The van der Waals surface area contributed by atoms with Gasteiger partial charge in [0, 0.05) is 40.1 Å². The lowest BCUT2D eigenvalue weighted by atomic mass is 10.1. The molecule has 2 heterocycles. The molecule has 0 aliphatic carbocycles. The van der Waals surface area contributed by atoms with Gasteiger partial charge in [0.05, 0.1) is 33.6 Å².